The zero-order valence-electron chi connectivity index (χ0n) is 12.0. The van der Waals surface area contributed by atoms with Gasteiger partial charge in [-0.15, -0.1) is 0 Å². The van der Waals surface area contributed by atoms with Crippen molar-refractivity contribution >= 4 is 11.6 Å². The van der Waals surface area contributed by atoms with Crippen molar-refractivity contribution in [2.24, 2.45) is 7.05 Å². The third-order valence-electron chi connectivity index (χ3n) is 3.08. The lowest BCUT2D eigenvalue weighted by Gasteiger charge is -2.07. The van der Waals surface area contributed by atoms with Crippen molar-refractivity contribution in [1.29, 1.82) is 0 Å². The van der Waals surface area contributed by atoms with E-state index in [0.29, 0.717) is 17.8 Å². The van der Waals surface area contributed by atoms with Gasteiger partial charge in [0.15, 0.2) is 0 Å². The van der Waals surface area contributed by atoms with E-state index >= 15 is 0 Å². The number of hydrogen-bond acceptors (Lipinski definition) is 4. The van der Waals surface area contributed by atoms with Crippen molar-refractivity contribution < 1.29 is 4.79 Å². The van der Waals surface area contributed by atoms with Crippen LogP contribution in [0.5, 0.6) is 0 Å². The molecule has 2 aromatic rings. The van der Waals surface area contributed by atoms with Crippen LogP contribution in [-0.2, 0) is 20.0 Å². The highest BCUT2D eigenvalue weighted by Crippen LogP contribution is 2.12. The maximum atomic E-state index is 12.1. The third-order valence-corrected chi connectivity index (χ3v) is 3.08. The number of carbonyl (C=O) groups is 1. The first-order valence-electron chi connectivity index (χ1n) is 6.53. The molecule has 0 radical (unpaired) electrons. The van der Waals surface area contributed by atoms with Crippen molar-refractivity contribution in [1.82, 2.24) is 20.1 Å². The minimum Gasteiger partial charge on any atom is -0.398 e. The predicted molar refractivity (Wildman–Crippen MR) is 77.1 cm³/mol. The van der Waals surface area contributed by atoms with Crippen molar-refractivity contribution in [2.45, 2.75) is 26.8 Å². The van der Waals surface area contributed by atoms with Gasteiger partial charge in [-0.1, -0.05) is 6.92 Å². The van der Waals surface area contributed by atoms with Gasteiger partial charge in [-0.3, -0.25) is 14.5 Å². The summed E-state index contributed by atoms with van der Waals surface area (Å²) < 4.78 is 1.75. The number of nitrogen functional groups attached to an aromatic ring is 1. The molecule has 0 unspecified atom stereocenters. The summed E-state index contributed by atoms with van der Waals surface area (Å²) in [6, 6.07) is 1.69. The number of nitrogens with zero attached hydrogens (tertiary/aromatic N) is 3. The van der Waals surface area contributed by atoms with Crippen LogP contribution in [0.4, 0.5) is 5.69 Å². The molecule has 2 rings (SSSR count). The minimum absolute atomic E-state index is 0.221. The number of hydrogen-bond donors (Lipinski definition) is 2. The number of nitrogens with one attached hydrogen (secondary N) is 1. The van der Waals surface area contributed by atoms with Gasteiger partial charge in [0.05, 0.1) is 11.3 Å². The first-order valence-corrected chi connectivity index (χ1v) is 6.53. The van der Waals surface area contributed by atoms with E-state index in [4.69, 9.17) is 5.73 Å². The van der Waals surface area contributed by atoms with E-state index < -0.39 is 0 Å². The average Bonchev–Trinajstić information content (AvgIpc) is 2.76. The standard InChI is InChI=1S/C14H19N5O/c1-4-13-10(8-19(3)18-13)6-17-14(20)11-7-16-9(2)5-12(11)15/h5,7-8H,4,6H2,1-3H3,(H2,15,16)(H,17,20). The molecule has 2 heterocycles. The van der Waals surface area contributed by atoms with Crippen molar-refractivity contribution in [3.8, 4) is 0 Å². The smallest absolute Gasteiger partial charge is 0.255 e. The normalized spacial score (nSPS) is 10.6. The number of carbonyl (C=O) groups excluding carboxylic acids is 1. The van der Waals surface area contributed by atoms with E-state index in [1.54, 1.807) is 10.7 Å². The van der Waals surface area contributed by atoms with Crippen LogP contribution in [-0.4, -0.2) is 20.7 Å². The molecule has 6 heteroatoms. The summed E-state index contributed by atoms with van der Waals surface area (Å²) in [5.74, 6) is -0.221. The van der Waals surface area contributed by atoms with Crippen LogP contribution in [0.3, 0.4) is 0 Å². The maximum absolute atomic E-state index is 12.1. The average molecular weight is 273 g/mol. The molecule has 0 bridgehead atoms. The van der Waals surface area contributed by atoms with Gasteiger partial charge in [-0.2, -0.15) is 5.10 Å². The molecule has 3 N–H and O–H groups in total. The van der Waals surface area contributed by atoms with Crippen LogP contribution in [0, 0.1) is 6.92 Å². The summed E-state index contributed by atoms with van der Waals surface area (Å²) in [7, 11) is 1.87. The third kappa shape index (κ3) is 2.96. The number of nitrogens with two attached hydrogens (primary N) is 1. The molecular weight excluding hydrogens is 254 g/mol. The molecule has 0 aliphatic carbocycles. The second-order valence-electron chi connectivity index (χ2n) is 4.72. The SMILES string of the molecule is CCc1nn(C)cc1CNC(=O)c1cnc(C)cc1N. The van der Waals surface area contributed by atoms with E-state index in [1.807, 2.05) is 27.1 Å². The monoisotopic (exact) mass is 273 g/mol. The molecule has 0 saturated heterocycles. The van der Waals surface area contributed by atoms with Crippen LogP contribution in [0.1, 0.15) is 34.2 Å². The fourth-order valence-corrected chi connectivity index (χ4v) is 2.07. The molecule has 0 spiro atoms. The number of aryl methyl sites for hydroxylation is 3. The lowest BCUT2D eigenvalue weighted by molar-refractivity contribution is 0.0951. The number of aromatic nitrogens is 3. The Morgan fingerprint density at radius 3 is 2.90 bits per heavy atom. The van der Waals surface area contributed by atoms with E-state index in [1.165, 1.54) is 6.20 Å². The molecule has 20 heavy (non-hydrogen) atoms. The number of rotatable bonds is 4. The second kappa shape index (κ2) is 5.73. The molecule has 0 saturated carbocycles. The molecule has 1 amide bonds. The molecule has 106 valence electrons. The minimum atomic E-state index is -0.221. The first kappa shape index (κ1) is 14.0. The highest BCUT2D eigenvalue weighted by atomic mass is 16.1. The van der Waals surface area contributed by atoms with E-state index in [-0.39, 0.29) is 5.91 Å². The quantitative estimate of drug-likeness (QED) is 0.876. The fraction of sp³-hybridized carbons (Fsp3) is 0.357. The molecule has 0 aliphatic rings. The van der Waals surface area contributed by atoms with E-state index in [0.717, 1.165) is 23.4 Å². The first-order chi connectivity index (χ1) is 9.51. The number of anilines is 1. The Morgan fingerprint density at radius 2 is 2.25 bits per heavy atom. The van der Waals surface area contributed by atoms with Crippen LogP contribution in [0.2, 0.25) is 0 Å². The Bertz CT molecular complexity index is 632. The van der Waals surface area contributed by atoms with Gasteiger partial charge < -0.3 is 11.1 Å². The summed E-state index contributed by atoms with van der Waals surface area (Å²) >= 11 is 0. The zero-order chi connectivity index (χ0) is 14.7. The van der Waals surface area contributed by atoms with Gasteiger partial charge >= 0.3 is 0 Å². The van der Waals surface area contributed by atoms with Crippen LogP contribution < -0.4 is 11.1 Å². The summed E-state index contributed by atoms with van der Waals surface area (Å²) in [4.78, 5) is 16.2. The highest BCUT2D eigenvalue weighted by Gasteiger charge is 2.12. The van der Waals surface area contributed by atoms with Gasteiger partial charge in [0.2, 0.25) is 0 Å². The van der Waals surface area contributed by atoms with Crippen LogP contribution >= 0.6 is 0 Å². The summed E-state index contributed by atoms with van der Waals surface area (Å²) in [6.07, 6.45) is 4.25. The van der Waals surface area contributed by atoms with Crippen molar-refractivity contribution in [3.05, 3.63) is 41.0 Å². The summed E-state index contributed by atoms with van der Waals surface area (Å²) in [5, 5.41) is 7.19. The van der Waals surface area contributed by atoms with Gasteiger partial charge in [-0.05, 0) is 19.4 Å². The largest absolute Gasteiger partial charge is 0.398 e. The Balaban J connectivity index is 2.08. The topological polar surface area (TPSA) is 85.8 Å². The predicted octanol–water partition coefficient (Wildman–Crippen LogP) is 1.20. The Hall–Kier alpha value is -2.37. The van der Waals surface area contributed by atoms with Crippen LogP contribution in [0.25, 0.3) is 0 Å². The second-order valence-corrected chi connectivity index (χ2v) is 4.72. The Labute approximate surface area is 118 Å². The zero-order valence-corrected chi connectivity index (χ0v) is 12.0. The molecule has 0 fully saturated rings. The Kier molecular flexibility index (Phi) is 4.02. The molecule has 6 nitrogen and oxygen atoms in total. The number of pyridine rings is 1. The Morgan fingerprint density at radius 1 is 1.50 bits per heavy atom. The van der Waals surface area contributed by atoms with Gasteiger partial charge in [0.1, 0.15) is 0 Å². The van der Waals surface area contributed by atoms with Gasteiger partial charge in [0, 0.05) is 42.9 Å². The lowest BCUT2D eigenvalue weighted by atomic mass is 10.2. The number of amides is 1. The van der Waals surface area contributed by atoms with Crippen LogP contribution in [0.15, 0.2) is 18.5 Å². The van der Waals surface area contributed by atoms with E-state index in [2.05, 4.69) is 15.4 Å². The molecule has 0 aromatic carbocycles. The maximum Gasteiger partial charge on any atom is 0.255 e. The van der Waals surface area contributed by atoms with Crippen molar-refractivity contribution in [2.75, 3.05) is 5.73 Å². The van der Waals surface area contributed by atoms with Gasteiger partial charge in [-0.25, -0.2) is 0 Å². The molecule has 2 aromatic heterocycles. The lowest BCUT2D eigenvalue weighted by Crippen LogP contribution is -2.24. The highest BCUT2D eigenvalue weighted by molar-refractivity contribution is 5.98. The van der Waals surface area contributed by atoms with Crippen molar-refractivity contribution in [3.63, 3.8) is 0 Å². The fourth-order valence-electron chi connectivity index (χ4n) is 2.07. The summed E-state index contributed by atoms with van der Waals surface area (Å²) in [6.45, 7) is 4.31. The van der Waals surface area contributed by atoms with Gasteiger partial charge in [0.25, 0.3) is 5.91 Å². The van der Waals surface area contributed by atoms with E-state index in [9.17, 15) is 4.79 Å². The molecular formula is C14H19N5O. The summed E-state index contributed by atoms with van der Waals surface area (Å²) in [5.41, 5.74) is 9.47. The molecule has 0 atom stereocenters. The molecule has 0 aliphatic heterocycles.